The van der Waals surface area contributed by atoms with Gasteiger partial charge in [0.05, 0.1) is 11.9 Å². The lowest BCUT2D eigenvalue weighted by Gasteiger charge is -2.26. The predicted molar refractivity (Wildman–Crippen MR) is 74.5 cm³/mol. The van der Waals surface area contributed by atoms with Crippen molar-refractivity contribution in [2.75, 3.05) is 25.2 Å². The number of rotatable bonds is 10. The van der Waals surface area contributed by atoms with Gasteiger partial charge in [0.1, 0.15) is 9.84 Å². The summed E-state index contributed by atoms with van der Waals surface area (Å²) in [6, 6.07) is 0.282. The Morgan fingerprint density at radius 2 is 2.00 bits per heavy atom. The van der Waals surface area contributed by atoms with E-state index >= 15 is 0 Å². The largest absolute Gasteiger partial charge is 0.377 e. The Kier molecular flexibility index (Phi) is 6.60. The molecule has 2 atom stereocenters. The van der Waals surface area contributed by atoms with E-state index in [4.69, 9.17) is 4.74 Å². The van der Waals surface area contributed by atoms with Crippen LogP contribution in [0.5, 0.6) is 0 Å². The first-order chi connectivity index (χ1) is 8.54. The number of likely N-dealkylation sites (N-methyl/N-ethyl adjacent to an activating group) is 1. The first-order valence-electron chi connectivity index (χ1n) is 7.03. The summed E-state index contributed by atoms with van der Waals surface area (Å²) in [4.78, 5) is 0. The third-order valence-corrected chi connectivity index (χ3v) is 5.41. The molecular formula is C13H27NO3S. The number of nitrogens with one attached hydrogen (secondary N) is 1. The van der Waals surface area contributed by atoms with Gasteiger partial charge in [0.25, 0.3) is 0 Å². The Hall–Kier alpha value is -0.130. The highest BCUT2D eigenvalue weighted by Crippen LogP contribution is 2.36. The van der Waals surface area contributed by atoms with Crippen molar-refractivity contribution in [3.05, 3.63) is 0 Å². The molecule has 1 N–H and O–H groups in total. The van der Waals surface area contributed by atoms with Gasteiger partial charge in [-0.2, -0.15) is 0 Å². The highest BCUT2D eigenvalue weighted by molar-refractivity contribution is 7.91. The molecule has 0 amide bonds. The fraction of sp³-hybridized carbons (Fsp3) is 1.00. The van der Waals surface area contributed by atoms with Gasteiger partial charge in [-0.3, -0.25) is 0 Å². The topological polar surface area (TPSA) is 55.4 Å². The van der Waals surface area contributed by atoms with Gasteiger partial charge in [-0.05, 0) is 45.6 Å². The van der Waals surface area contributed by atoms with Crippen molar-refractivity contribution in [3.8, 4) is 0 Å². The Bertz CT molecular complexity index is 325. The zero-order chi connectivity index (χ0) is 13.6. The van der Waals surface area contributed by atoms with E-state index in [-0.39, 0.29) is 17.9 Å². The van der Waals surface area contributed by atoms with Crippen molar-refractivity contribution in [1.82, 2.24) is 5.32 Å². The van der Waals surface area contributed by atoms with Crippen LogP contribution in [0.4, 0.5) is 0 Å². The second kappa shape index (κ2) is 7.46. The van der Waals surface area contributed by atoms with Gasteiger partial charge in [0.2, 0.25) is 0 Å². The minimum Gasteiger partial charge on any atom is -0.377 e. The molecule has 108 valence electrons. The monoisotopic (exact) mass is 277 g/mol. The molecule has 0 spiro atoms. The van der Waals surface area contributed by atoms with Gasteiger partial charge >= 0.3 is 0 Å². The van der Waals surface area contributed by atoms with Crippen molar-refractivity contribution in [2.45, 2.75) is 51.7 Å². The molecule has 1 aliphatic carbocycles. The van der Waals surface area contributed by atoms with E-state index in [9.17, 15) is 8.42 Å². The lowest BCUT2D eigenvalue weighted by molar-refractivity contribution is 0.0188. The molecule has 0 aromatic carbocycles. The van der Waals surface area contributed by atoms with Crippen LogP contribution in [0.2, 0.25) is 0 Å². The molecule has 0 aliphatic heterocycles. The first kappa shape index (κ1) is 15.9. The number of hydrogen-bond donors (Lipinski definition) is 1. The van der Waals surface area contributed by atoms with Gasteiger partial charge in [-0.25, -0.2) is 8.42 Å². The van der Waals surface area contributed by atoms with Crippen LogP contribution in [0.25, 0.3) is 0 Å². The molecule has 0 saturated heterocycles. The van der Waals surface area contributed by atoms with Crippen molar-refractivity contribution in [2.24, 2.45) is 5.92 Å². The normalized spacial score (nSPS) is 19.7. The van der Waals surface area contributed by atoms with Crippen molar-refractivity contribution in [1.29, 1.82) is 0 Å². The molecular weight excluding hydrogens is 250 g/mol. The first-order valence-corrected chi connectivity index (χ1v) is 8.85. The molecule has 0 heterocycles. The summed E-state index contributed by atoms with van der Waals surface area (Å²) < 4.78 is 28.7. The average Bonchev–Trinajstić information content (AvgIpc) is 3.16. The van der Waals surface area contributed by atoms with Crippen LogP contribution in [0, 0.1) is 5.92 Å². The Balaban J connectivity index is 2.40. The van der Waals surface area contributed by atoms with Crippen molar-refractivity contribution >= 4 is 9.84 Å². The molecule has 1 saturated carbocycles. The zero-order valence-corrected chi connectivity index (χ0v) is 12.6. The van der Waals surface area contributed by atoms with E-state index in [1.54, 1.807) is 6.92 Å². The Labute approximate surface area is 111 Å². The molecule has 2 unspecified atom stereocenters. The second-order valence-electron chi connectivity index (χ2n) is 5.03. The molecule has 5 heteroatoms. The molecule has 0 bridgehead atoms. The van der Waals surface area contributed by atoms with Crippen LogP contribution in [0.1, 0.15) is 39.5 Å². The zero-order valence-electron chi connectivity index (χ0n) is 11.8. The van der Waals surface area contributed by atoms with Crippen LogP contribution < -0.4 is 5.32 Å². The lowest BCUT2D eigenvalue weighted by atomic mass is 10.0. The predicted octanol–water partition coefficient (Wildman–Crippen LogP) is 1.60. The maximum Gasteiger partial charge on any atom is 0.150 e. The summed E-state index contributed by atoms with van der Waals surface area (Å²) in [7, 11) is -0.897. The molecule has 4 nitrogen and oxygen atoms in total. The minimum absolute atomic E-state index is 0.245. The van der Waals surface area contributed by atoms with Crippen LogP contribution in [-0.4, -0.2) is 45.7 Å². The molecule has 0 aromatic heterocycles. The molecule has 1 aliphatic rings. The van der Waals surface area contributed by atoms with E-state index in [0.29, 0.717) is 11.7 Å². The summed E-state index contributed by atoms with van der Waals surface area (Å²) in [6.07, 6.45) is 4.34. The van der Waals surface area contributed by atoms with Gasteiger partial charge in [-0.1, -0.05) is 6.92 Å². The third-order valence-electron chi connectivity index (χ3n) is 3.62. The molecule has 0 aromatic rings. The Morgan fingerprint density at radius 1 is 1.33 bits per heavy atom. The maximum absolute atomic E-state index is 11.5. The standard InChI is InChI=1S/C13H27NO3S/c1-4-17-13(11-8-9-11)12(14-3)7-6-10-18(15,16)5-2/h11-14H,4-10H2,1-3H3. The third kappa shape index (κ3) is 5.24. The van der Waals surface area contributed by atoms with Crippen LogP contribution in [-0.2, 0) is 14.6 Å². The smallest absolute Gasteiger partial charge is 0.150 e. The van der Waals surface area contributed by atoms with Gasteiger partial charge in [0, 0.05) is 18.4 Å². The molecule has 0 radical (unpaired) electrons. The Morgan fingerprint density at radius 3 is 2.44 bits per heavy atom. The SMILES string of the molecule is CCOC(C1CC1)C(CCCS(=O)(=O)CC)NC. The number of sulfone groups is 1. The molecule has 1 fully saturated rings. The molecule has 1 rings (SSSR count). The lowest BCUT2D eigenvalue weighted by Crippen LogP contribution is -2.41. The number of ether oxygens (including phenoxy) is 1. The molecule has 18 heavy (non-hydrogen) atoms. The summed E-state index contributed by atoms with van der Waals surface area (Å²) in [5.74, 6) is 1.21. The summed E-state index contributed by atoms with van der Waals surface area (Å²) >= 11 is 0. The van der Waals surface area contributed by atoms with E-state index in [1.807, 2.05) is 14.0 Å². The minimum atomic E-state index is -2.83. The van der Waals surface area contributed by atoms with Gasteiger partial charge < -0.3 is 10.1 Å². The van der Waals surface area contributed by atoms with E-state index in [2.05, 4.69) is 5.32 Å². The fourth-order valence-corrected chi connectivity index (χ4v) is 3.23. The van der Waals surface area contributed by atoms with E-state index in [1.165, 1.54) is 12.8 Å². The maximum atomic E-state index is 11.5. The highest BCUT2D eigenvalue weighted by Gasteiger charge is 2.36. The average molecular weight is 277 g/mol. The van der Waals surface area contributed by atoms with Crippen LogP contribution in [0.15, 0.2) is 0 Å². The van der Waals surface area contributed by atoms with Crippen LogP contribution >= 0.6 is 0 Å². The van der Waals surface area contributed by atoms with E-state index < -0.39 is 9.84 Å². The van der Waals surface area contributed by atoms with Crippen LogP contribution in [0.3, 0.4) is 0 Å². The highest BCUT2D eigenvalue weighted by atomic mass is 32.2. The van der Waals surface area contributed by atoms with Gasteiger partial charge in [0.15, 0.2) is 0 Å². The van der Waals surface area contributed by atoms with Crippen molar-refractivity contribution in [3.63, 3.8) is 0 Å². The summed E-state index contributed by atoms with van der Waals surface area (Å²) in [5.41, 5.74) is 0. The van der Waals surface area contributed by atoms with Crippen molar-refractivity contribution < 1.29 is 13.2 Å². The van der Waals surface area contributed by atoms with E-state index in [0.717, 1.165) is 19.4 Å². The second-order valence-corrected chi connectivity index (χ2v) is 7.50. The summed E-state index contributed by atoms with van der Waals surface area (Å²) in [5, 5.41) is 3.29. The quantitative estimate of drug-likeness (QED) is 0.659. The number of hydrogen-bond acceptors (Lipinski definition) is 4. The van der Waals surface area contributed by atoms with Gasteiger partial charge in [-0.15, -0.1) is 0 Å². The fourth-order valence-electron chi connectivity index (χ4n) is 2.34. The summed E-state index contributed by atoms with van der Waals surface area (Å²) in [6.45, 7) is 4.45.